The summed E-state index contributed by atoms with van der Waals surface area (Å²) in [5.74, 6) is 0.374. The number of methoxy groups -OCH3 is 1. The first-order valence-corrected chi connectivity index (χ1v) is 4.21. The third kappa shape index (κ3) is 2.54. The maximum absolute atomic E-state index is 10.9. The van der Waals surface area contributed by atoms with Crippen LogP contribution in [0, 0.1) is 0 Å². The molecule has 0 amide bonds. The van der Waals surface area contributed by atoms with E-state index in [-0.39, 0.29) is 12.4 Å². The number of carbonyl (C=O) groups excluding carboxylic acids is 1. The first-order chi connectivity index (χ1) is 6.27. The number of nitrogens with zero attached hydrogens (tertiary/aromatic N) is 3. The maximum Gasteiger partial charge on any atom is 0.313 e. The molecule has 72 valence electrons. The van der Waals surface area contributed by atoms with E-state index in [4.69, 9.17) is 0 Å². The van der Waals surface area contributed by atoms with Gasteiger partial charge in [0.25, 0.3) is 0 Å². The summed E-state index contributed by atoms with van der Waals surface area (Å²) >= 11 is 0. The molecule has 5 nitrogen and oxygen atoms in total. The standard InChI is InChI=1S/C8H13N3O2/c1-3-4-11-7(9-6-10-11)5-8(12)13-2/h6H,3-5H2,1-2H3. The average molecular weight is 183 g/mol. The van der Waals surface area contributed by atoms with E-state index in [2.05, 4.69) is 14.8 Å². The Morgan fingerprint density at radius 3 is 3.08 bits per heavy atom. The molecule has 1 aromatic heterocycles. The Kier molecular flexibility index (Phi) is 3.42. The molecule has 0 saturated heterocycles. The molecule has 0 aliphatic carbocycles. The molecular formula is C8H13N3O2. The minimum absolute atomic E-state index is 0.191. The summed E-state index contributed by atoms with van der Waals surface area (Å²) in [5, 5.41) is 3.99. The lowest BCUT2D eigenvalue weighted by Gasteiger charge is -2.02. The second kappa shape index (κ2) is 4.59. The van der Waals surface area contributed by atoms with Gasteiger partial charge in [0.2, 0.25) is 0 Å². The lowest BCUT2D eigenvalue weighted by Crippen LogP contribution is -2.12. The highest BCUT2D eigenvalue weighted by molar-refractivity contribution is 5.71. The maximum atomic E-state index is 10.9. The summed E-state index contributed by atoms with van der Waals surface area (Å²) in [6, 6.07) is 0. The Morgan fingerprint density at radius 1 is 1.69 bits per heavy atom. The number of carbonyl (C=O) groups is 1. The fraction of sp³-hybridized carbons (Fsp3) is 0.625. The number of ether oxygens (including phenoxy) is 1. The molecule has 1 rings (SSSR count). The summed E-state index contributed by atoms with van der Waals surface area (Å²) in [5.41, 5.74) is 0. The van der Waals surface area contributed by atoms with Crippen molar-refractivity contribution in [3.05, 3.63) is 12.2 Å². The van der Waals surface area contributed by atoms with E-state index in [0.29, 0.717) is 5.82 Å². The Morgan fingerprint density at radius 2 is 2.46 bits per heavy atom. The van der Waals surface area contributed by atoms with Crippen molar-refractivity contribution >= 4 is 5.97 Å². The van der Waals surface area contributed by atoms with Crippen molar-refractivity contribution in [3.8, 4) is 0 Å². The van der Waals surface area contributed by atoms with Crippen LogP contribution in [0.15, 0.2) is 6.33 Å². The first-order valence-electron chi connectivity index (χ1n) is 4.21. The molecule has 0 atom stereocenters. The molecule has 0 radical (unpaired) electrons. The number of hydrogen-bond donors (Lipinski definition) is 0. The van der Waals surface area contributed by atoms with E-state index < -0.39 is 0 Å². The quantitative estimate of drug-likeness (QED) is 0.634. The highest BCUT2D eigenvalue weighted by Gasteiger charge is 2.08. The number of hydrogen-bond acceptors (Lipinski definition) is 4. The van der Waals surface area contributed by atoms with Crippen LogP contribution < -0.4 is 0 Å². The fourth-order valence-electron chi connectivity index (χ4n) is 1.02. The highest BCUT2D eigenvalue weighted by Crippen LogP contribution is 1.98. The molecular weight excluding hydrogens is 170 g/mol. The van der Waals surface area contributed by atoms with E-state index in [1.54, 1.807) is 4.68 Å². The number of aryl methyl sites for hydroxylation is 1. The zero-order chi connectivity index (χ0) is 9.68. The van der Waals surface area contributed by atoms with Gasteiger partial charge in [-0.05, 0) is 6.42 Å². The normalized spacial score (nSPS) is 10.0. The van der Waals surface area contributed by atoms with E-state index in [1.807, 2.05) is 6.92 Å². The number of aromatic nitrogens is 3. The van der Waals surface area contributed by atoms with Crippen molar-refractivity contribution in [2.45, 2.75) is 26.3 Å². The lowest BCUT2D eigenvalue weighted by atomic mass is 10.4. The largest absolute Gasteiger partial charge is 0.469 e. The van der Waals surface area contributed by atoms with Crippen molar-refractivity contribution in [2.75, 3.05) is 7.11 Å². The van der Waals surface area contributed by atoms with Crippen LogP contribution in [0.3, 0.4) is 0 Å². The summed E-state index contributed by atoms with van der Waals surface area (Å²) in [6.07, 6.45) is 2.61. The van der Waals surface area contributed by atoms with Crippen LogP contribution in [-0.4, -0.2) is 27.8 Å². The topological polar surface area (TPSA) is 57.0 Å². The minimum atomic E-state index is -0.287. The van der Waals surface area contributed by atoms with Crippen molar-refractivity contribution in [1.29, 1.82) is 0 Å². The first kappa shape index (κ1) is 9.70. The molecule has 13 heavy (non-hydrogen) atoms. The van der Waals surface area contributed by atoms with Gasteiger partial charge in [0.15, 0.2) is 0 Å². The van der Waals surface area contributed by atoms with Gasteiger partial charge < -0.3 is 4.74 Å². The monoisotopic (exact) mass is 183 g/mol. The predicted octanol–water partition coefficient (Wildman–Crippen LogP) is 0.404. The molecule has 0 saturated carbocycles. The van der Waals surface area contributed by atoms with Gasteiger partial charge in [0.1, 0.15) is 18.6 Å². The smallest absolute Gasteiger partial charge is 0.313 e. The van der Waals surface area contributed by atoms with Crippen molar-refractivity contribution < 1.29 is 9.53 Å². The molecule has 0 N–H and O–H groups in total. The van der Waals surface area contributed by atoms with Gasteiger partial charge >= 0.3 is 5.97 Å². The Bertz CT molecular complexity index is 283. The molecule has 0 bridgehead atoms. The molecule has 0 aromatic carbocycles. The second-order valence-electron chi connectivity index (χ2n) is 2.65. The summed E-state index contributed by atoms with van der Waals surface area (Å²) in [7, 11) is 1.36. The molecule has 5 heteroatoms. The Balaban J connectivity index is 2.64. The third-order valence-corrected chi connectivity index (χ3v) is 1.66. The second-order valence-corrected chi connectivity index (χ2v) is 2.65. The van der Waals surface area contributed by atoms with Gasteiger partial charge in [-0.25, -0.2) is 9.67 Å². The van der Waals surface area contributed by atoms with Crippen LogP contribution in [0.2, 0.25) is 0 Å². The predicted molar refractivity (Wildman–Crippen MR) is 46.0 cm³/mol. The highest BCUT2D eigenvalue weighted by atomic mass is 16.5. The van der Waals surface area contributed by atoms with E-state index in [9.17, 15) is 4.79 Å². The van der Waals surface area contributed by atoms with Gasteiger partial charge in [-0.1, -0.05) is 6.92 Å². The van der Waals surface area contributed by atoms with Crippen LogP contribution in [0.5, 0.6) is 0 Å². The molecule has 1 heterocycles. The lowest BCUT2D eigenvalue weighted by molar-refractivity contribution is -0.140. The van der Waals surface area contributed by atoms with E-state index in [1.165, 1.54) is 13.4 Å². The minimum Gasteiger partial charge on any atom is -0.469 e. The van der Waals surface area contributed by atoms with Crippen molar-refractivity contribution in [2.24, 2.45) is 0 Å². The Labute approximate surface area is 76.7 Å². The zero-order valence-corrected chi connectivity index (χ0v) is 7.86. The molecule has 0 fully saturated rings. The molecule has 0 spiro atoms. The van der Waals surface area contributed by atoms with Crippen LogP contribution in [-0.2, 0) is 22.5 Å². The van der Waals surface area contributed by atoms with Crippen LogP contribution in [0.4, 0.5) is 0 Å². The zero-order valence-electron chi connectivity index (χ0n) is 7.86. The van der Waals surface area contributed by atoms with Gasteiger partial charge in [-0.15, -0.1) is 0 Å². The van der Waals surface area contributed by atoms with Crippen molar-refractivity contribution in [3.63, 3.8) is 0 Å². The van der Waals surface area contributed by atoms with Gasteiger partial charge in [0, 0.05) is 6.54 Å². The summed E-state index contributed by atoms with van der Waals surface area (Å²) in [6.45, 7) is 2.83. The van der Waals surface area contributed by atoms with E-state index in [0.717, 1.165) is 13.0 Å². The van der Waals surface area contributed by atoms with Gasteiger partial charge in [-0.3, -0.25) is 4.79 Å². The van der Waals surface area contributed by atoms with E-state index >= 15 is 0 Å². The Hall–Kier alpha value is -1.39. The molecule has 1 aromatic rings. The molecule has 0 aliphatic heterocycles. The SMILES string of the molecule is CCCn1ncnc1CC(=O)OC. The van der Waals surface area contributed by atoms with Crippen LogP contribution in [0.25, 0.3) is 0 Å². The number of esters is 1. The number of rotatable bonds is 4. The summed E-state index contributed by atoms with van der Waals surface area (Å²) < 4.78 is 6.26. The van der Waals surface area contributed by atoms with Gasteiger partial charge in [0.05, 0.1) is 7.11 Å². The van der Waals surface area contributed by atoms with Gasteiger partial charge in [-0.2, -0.15) is 5.10 Å². The molecule has 0 unspecified atom stereocenters. The molecule has 0 aliphatic rings. The third-order valence-electron chi connectivity index (χ3n) is 1.66. The summed E-state index contributed by atoms with van der Waals surface area (Å²) in [4.78, 5) is 14.9. The average Bonchev–Trinajstić information content (AvgIpc) is 2.54. The van der Waals surface area contributed by atoms with Crippen LogP contribution >= 0.6 is 0 Å². The van der Waals surface area contributed by atoms with Crippen LogP contribution in [0.1, 0.15) is 19.2 Å². The van der Waals surface area contributed by atoms with Crippen molar-refractivity contribution in [1.82, 2.24) is 14.8 Å². The fourth-order valence-corrected chi connectivity index (χ4v) is 1.02.